The number of halogens is 2. The molecule has 0 amide bonds. The molecule has 2 aromatic carbocycles. The predicted octanol–water partition coefficient (Wildman–Crippen LogP) is 5.22. The third-order valence-corrected chi connectivity index (χ3v) is 3.44. The lowest BCUT2D eigenvalue weighted by Gasteiger charge is -2.09. The third-order valence-electron chi connectivity index (χ3n) is 2.70. The van der Waals surface area contributed by atoms with E-state index in [4.69, 9.17) is 23.2 Å². The van der Waals surface area contributed by atoms with Crippen LogP contribution >= 0.6 is 23.2 Å². The fraction of sp³-hybridized carbons (Fsp3) is 0.200. The Hall–Kier alpha value is -1.18. The molecule has 1 N–H and O–H groups in total. The SMILES string of the molecule is Cc1cc(C)cc(CNc2ccc(Cl)c(Cl)c2)c1. The average molecular weight is 280 g/mol. The Morgan fingerprint density at radius 2 is 1.56 bits per heavy atom. The fourth-order valence-corrected chi connectivity index (χ4v) is 2.28. The van der Waals surface area contributed by atoms with Gasteiger partial charge in [-0.2, -0.15) is 0 Å². The van der Waals surface area contributed by atoms with Gasteiger partial charge in [0, 0.05) is 12.2 Å². The van der Waals surface area contributed by atoms with Gasteiger partial charge in [-0.05, 0) is 37.6 Å². The quantitative estimate of drug-likeness (QED) is 0.812. The lowest BCUT2D eigenvalue weighted by Crippen LogP contribution is -2.00. The molecule has 2 aromatic rings. The number of hydrogen-bond donors (Lipinski definition) is 1. The van der Waals surface area contributed by atoms with E-state index in [2.05, 4.69) is 37.4 Å². The van der Waals surface area contributed by atoms with Crippen molar-refractivity contribution in [2.45, 2.75) is 20.4 Å². The Labute approximate surface area is 118 Å². The molecule has 18 heavy (non-hydrogen) atoms. The van der Waals surface area contributed by atoms with E-state index in [1.165, 1.54) is 16.7 Å². The highest BCUT2D eigenvalue weighted by Crippen LogP contribution is 2.25. The van der Waals surface area contributed by atoms with Crippen LogP contribution in [0.15, 0.2) is 36.4 Å². The molecule has 0 heterocycles. The first-order valence-corrected chi connectivity index (χ1v) is 6.56. The highest BCUT2D eigenvalue weighted by Gasteiger charge is 2.00. The highest BCUT2D eigenvalue weighted by atomic mass is 35.5. The molecular formula is C15H15Cl2N. The summed E-state index contributed by atoms with van der Waals surface area (Å²) >= 11 is 11.9. The summed E-state index contributed by atoms with van der Waals surface area (Å²) in [6.07, 6.45) is 0. The second-order valence-corrected chi connectivity index (χ2v) is 5.29. The van der Waals surface area contributed by atoms with E-state index in [-0.39, 0.29) is 0 Å². The second kappa shape index (κ2) is 5.64. The molecule has 94 valence electrons. The molecule has 3 heteroatoms. The van der Waals surface area contributed by atoms with Gasteiger partial charge in [0.05, 0.1) is 10.0 Å². The summed E-state index contributed by atoms with van der Waals surface area (Å²) < 4.78 is 0. The van der Waals surface area contributed by atoms with Crippen molar-refractivity contribution in [2.24, 2.45) is 0 Å². The summed E-state index contributed by atoms with van der Waals surface area (Å²) in [4.78, 5) is 0. The maximum Gasteiger partial charge on any atom is 0.0612 e. The van der Waals surface area contributed by atoms with Gasteiger partial charge in [-0.1, -0.05) is 52.5 Å². The van der Waals surface area contributed by atoms with Gasteiger partial charge in [0.2, 0.25) is 0 Å². The van der Waals surface area contributed by atoms with Crippen LogP contribution in [0.3, 0.4) is 0 Å². The summed E-state index contributed by atoms with van der Waals surface area (Å²) in [6.45, 7) is 4.99. The largest absolute Gasteiger partial charge is 0.381 e. The molecule has 0 saturated carbocycles. The molecule has 0 saturated heterocycles. The lowest BCUT2D eigenvalue weighted by atomic mass is 10.1. The van der Waals surface area contributed by atoms with Crippen molar-refractivity contribution >= 4 is 28.9 Å². The zero-order valence-corrected chi connectivity index (χ0v) is 11.9. The van der Waals surface area contributed by atoms with Crippen LogP contribution in [0.2, 0.25) is 10.0 Å². The summed E-state index contributed by atoms with van der Waals surface area (Å²) in [5.41, 5.74) is 4.80. The van der Waals surface area contributed by atoms with Crippen molar-refractivity contribution in [2.75, 3.05) is 5.32 Å². The Kier molecular flexibility index (Phi) is 4.15. The molecule has 2 rings (SSSR count). The van der Waals surface area contributed by atoms with Gasteiger partial charge in [0.1, 0.15) is 0 Å². The number of rotatable bonds is 3. The average Bonchev–Trinajstić information content (AvgIpc) is 2.29. The minimum Gasteiger partial charge on any atom is -0.381 e. The van der Waals surface area contributed by atoms with E-state index in [9.17, 15) is 0 Å². The van der Waals surface area contributed by atoms with E-state index in [1.807, 2.05) is 12.1 Å². The first kappa shape index (κ1) is 13.3. The number of hydrogen-bond acceptors (Lipinski definition) is 1. The first-order valence-electron chi connectivity index (χ1n) is 5.81. The van der Waals surface area contributed by atoms with Gasteiger partial charge >= 0.3 is 0 Å². The van der Waals surface area contributed by atoms with E-state index in [1.54, 1.807) is 6.07 Å². The molecular weight excluding hydrogens is 265 g/mol. The Morgan fingerprint density at radius 3 is 2.17 bits per heavy atom. The van der Waals surface area contributed by atoms with Gasteiger partial charge in [0.25, 0.3) is 0 Å². The highest BCUT2D eigenvalue weighted by molar-refractivity contribution is 6.42. The molecule has 0 aliphatic carbocycles. The van der Waals surface area contributed by atoms with E-state index in [0.29, 0.717) is 10.0 Å². The maximum absolute atomic E-state index is 5.97. The van der Waals surface area contributed by atoms with E-state index < -0.39 is 0 Å². The fourth-order valence-electron chi connectivity index (χ4n) is 1.98. The third kappa shape index (κ3) is 3.41. The van der Waals surface area contributed by atoms with Crippen molar-refractivity contribution in [3.63, 3.8) is 0 Å². The monoisotopic (exact) mass is 279 g/mol. The van der Waals surface area contributed by atoms with Crippen molar-refractivity contribution in [1.29, 1.82) is 0 Å². The van der Waals surface area contributed by atoms with Gasteiger partial charge in [0.15, 0.2) is 0 Å². The molecule has 0 atom stereocenters. The van der Waals surface area contributed by atoms with Crippen LogP contribution < -0.4 is 5.32 Å². The first-order chi connectivity index (χ1) is 8.54. The number of nitrogens with one attached hydrogen (secondary N) is 1. The van der Waals surface area contributed by atoms with Crippen molar-refractivity contribution in [1.82, 2.24) is 0 Å². The number of aryl methyl sites for hydroxylation is 2. The molecule has 0 aromatic heterocycles. The van der Waals surface area contributed by atoms with E-state index >= 15 is 0 Å². The van der Waals surface area contributed by atoms with Gasteiger partial charge in [-0.15, -0.1) is 0 Å². The van der Waals surface area contributed by atoms with Crippen LogP contribution in [0.4, 0.5) is 5.69 Å². The van der Waals surface area contributed by atoms with Crippen molar-refractivity contribution in [3.05, 3.63) is 63.1 Å². The molecule has 0 aliphatic heterocycles. The Morgan fingerprint density at radius 1 is 0.889 bits per heavy atom. The predicted molar refractivity (Wildman–Crippen MR) is 79.7 cm³/mol. The molecule has 0 aliphatic rings. The van der Waals surface area contributed by atoms with Crippen molar-refractivity contribution < 1.29 is 0 Å². The standard InChI is InChI=1S/C15H15Cl2N/c1-10-5-11(2)7-12(6-10)9-18-13-3-4-14(16)15(17)8-13/h3-8,18H,9H2,1-2H3. The molecule has 1 nitrogen and oxygen atoms in total. The maximum atomic E-state index is 5.97. The number of benzene rings is 2. The minimum atomic E-state index is 0.571. The van der Waals surface area contributed by atoms with Crippen LogP contribution in [-0.2, 0) is 6.54 Å². The molecule has 0 unspecified atom stereocenters. The zero-order valence-electron chi connectivity index (χ0n) is 10.4. The van der Waals surface area contributed by atoms with Gasteiger partial charge in [-0.25, -0.2) is 0 Å². The van der Waals surface area contributed by atoms with Crippen LogP contribution in [-0.4, -0.2) is 0 Å². The van der Waals surface area contributed by atoms with Crippen LogP contribution in [0.25, 0.3) is 0 Å². The molecule has 0 radical (unpaired) electrons. The van der Waals surface area contributed by atoms with Crippen molar-refractivity contribution in [3.8, 4) is 0 Å². The Bertz CT molecular complexity index is 544. The Balaban J connectivity index is 2.08. The van der Waals surface area contributed by atoms with Crippen LogP contribution in [0.1, 0.15) is 16.7 Å². The number of anilines is 1. The molecule has 0 spiro atoms. The van der Waals surface area contributed by atoms with Gasteiger partial charge in [-0.3, -0.25) is 0 Å². The second-order valence-electron chi connectivity index (χ2n) is 4.48. The normalized spacial score (nSPS) is 10.4. The lowest BCUT2D eigenvalue weighted by molar-refractivity contribution is 1.13. The molecule has 0 bridgehead atoms. The van der Waals surface area contributed by atoms with Crippen LogP contribution in [0, 0.1) is 13.8 Å². The summed E-state index contributed by atoms with van der Waals surface area (Å²) in [6, 6.07) is 12.1. The summed E-state index contributed by atoms with van der Waals surface area (Å²) in [7, 11) is 0. The summed E-state index contributed by atoms with van der Waals surface area (Å²) in [5, 5.41) is 4.49. The summed E-state index contributed by atoms with van der Waals surface area (Å²) in [5.74, 6) is 0. The van der Waals surface area contributed by atoms with E-state index in [0.717, 1.165) is 12.2 Å². The van der Waals surface area contributed by atoms with Gasteiger partial charge < -0.3 is 5.32 Å². The topological polar surface area (TPSA) is 12.0 Å². The zero-order chi connectivity index (χ0) is 13.1. The minimum absolute atomic E-state index is 0.571. The smallest absolute Gasteiger partial charge is 0.0612 e. The van der Waals surface area contributed by atoms with Crippen LogP contribution in [0.5, 0.6) is 0 Å². The molecule has 0 fully saturated rings.